The van der Waals surface area contributed by atoms with E-state index in [0.717, 1.165) is 22.2 Å². The quantitative estimate of drug-likeness (QED) is 0.478. The van der Waals surface area contributed by atoms with Gasteiger partial charge in [-0.15, -0.1) is 6.58 Å². The number of hydrogen-bond acceptors (Lipinski definition) is 5. The van der Waals surface area contributed by atoms with E-state index in [1.807, 2.05) is 37.3 Å². The Labute approximate surface area is 173 Å². The van der Waals surface area contributed by atoms with Crippen molar-refractivity contribution in [2.24, 2.45) is 0 Å². The molecule has 0 aliphatic rings. The zero-order chi connectivity index (χ0) is 20.1. The number of fused-ring (bicyclic) bond motifs is 1. The molecule has 0 bridgehead atoms. The molecule has 0 saturated carbocycles. The summed E-state index contributed by atoms with van der Waals surface area (Å²) in [5, 5.41) is 1.25. The minimum absolute atomic E-state index is 0.109. The first kappa shape index (κ1) is 20.2. The summed E-state index contributed by atoms with van der Waals surface area (Å²) in [5.41, 5.74) is 1.84. The van der Waals surface area contributed by atoms with Crippen molar-refractivity contribution in [3.8, 4) is 11.5 Å². The summed E-state index contributed by atoms with van der Waals surface area (Å²) in [6, 6.07) is 11.1. The number of likely N-dealkylation sites (N-methyl/N-ethyl adjacent to an activating group) is 1. The Morgan fingerprint density at radius 2 is 2.11 bits per heavy atom. The Morgan fingerprint density at radius 3 is 2.82 bits per heavy atom. The molecule has 28 heavy (non-hydrogen) atoms. The van der Waals surface area contributed by atoms with Crippen molar-refractivity contribution < 1.29 is 14.3 Å². The van der Waals surface area contributed by atoms with E-state index in [1.165, 1.54) is 11.3 Å². The van der Waals surface area contributed by atoms with Crippen LogP contribution in [0.5, 0.6) is 11.5 Å². The number of hydrogen-bond donors (Lipinski definition) is 0. The molecule has 146 valence electrons. The Balaban J connectivity index is 1.74. The van der Waals surface area contributed by atoms with Gasteiger partial charge in [-0.1, -0.05) is 35.1 Å². The zero-order valence-corrected chi connectivity index (χ0v) is 17.3. The third-order valence-corrected chi connectivity index (χ3v) is 5.44. The molecule has 0 fully saturated rings. The van der Waals surface area contributed by atoms with Crippen LogP contribution in [0.25, 0.3) is 10.2 Å². The van der Waals surface area contributed by atoms with Crippen molar-refractivity contribution in [1.82, 2.24) is 4.98 Å². The molecule has 3 rings (SSSR count). The Morgan fingerprint density at radius 1 is 1.29 bits per heavy atom. The van der Waals surface area contributed by atoms with Crippen LogP contribution >= 0.6 is 22.9 Å². The molecule has 1 aromatic heterocycles. The molecule has 0 aliphatic heterocycles. The van der Waals surface area contributed by atoms with Gasteiger partial charge in [-0.3, -0.25) is 9.69 Å². The maximum absolute atomic E-state index is 12.7. The second kappa shape index (κ2) is 9.08. The minimum Gasteiger partial charge on any atom is -0.493 e. The standard InChI is InChI=1S/C21H21ClN2O3S/c1-4-6-14-7-9-17(18(11-14)26-3)27-13-20(25)24(5-2)21-23-16-12-15(22)8-10-19(16)28-21/h4,7-12H,1,5-6,13H2,2-3H3. The minimum atomic E-state index is -0.176. The molecular formula is C21H21ClN2O3S. The highest BCUT2D eigenvalue weighted by Crippen LogP contribution is 2.31. The molecule has 0 radical (unpaired) electrons. The second-order valence-electron chi connectivity index (χ2n) is 6.01. The van der Waals surface area contributed by atoms with Gasteiger partial charge in [0, 0.05) is 11.6 Å². The van der Waals surface area contributed by atoms with Gasteiger partial charge in [0.2, 0.25) is 0 Å². The van der Waals surface area contributed by atoms with Crippen molar-refractivity contribution >= 4 is 44.2 Å². The number of aromatic nitrogens is 1. The number of halogens is 1. The summed E-state index contributed by atoms with van der Waals surface area (Å²) < 4.78 is 12.1. The van der Waals surface area contributed by atoms with Gasteiger partial charge in [-0.2, -0.15) is 0 Å². The van der Waals surface area contributed by atoms with Gasteiger partial charge >= 0.3 is 0 Å². The molecule has 7 heteroatoms. The van der Waals surface area contributed by atoms with Crippen LogP contribution in [0.3, 0.4) is 0 Å². The first-order chi connectivity index (χ1) is 13.5. The summed E-state index contributed by atoms with van der Waals surface area (Å²) in [6.07, 6.45) is 2.56. The number of allylic oxidation sites excluding steroid dienone is 1. The van der Waals surface area contributed by atoms with Gasteiger partial charge in [0.15, 0.2) is 23.2 Å². The first-order valence-corrected chi connectivity index (χ1v) is 10.0. The summed E-state index contributed by atoms with van der Waals surface area (Å²) >= 11 is 7.48. The van der Waals surface area contributed by atoms with Crippen molar-refractivity contribution in [3.63, 3.8) is 0 Å². The van der Waals surface area contributed by atoms with Gasteiger partial charge in [-0.05, 0) is 49.2 Å². The van der Waals surface area contributed by atoms with Gasteiger partial charge < -0.3 is 9.47 Å². The molecule has 0 atom stereocenters. The summed E-state index contributed by atoms with van der Waals surface area (Å²) in [4.78, 5) is 18.9. The third kappa shape index (κ3) is 4.46. The van der Waals surface area contributed by atoms with E-state index in [-0.39, 0.29) is 12.5 Å². The predicted molar refractivity (Wildman–Crippen MR) is 115 cm³/mol. The maximum atomic E-state index is 12.7. The number of carbonyl (C=O) groups excluding carboxylic acids is 1. The Hall–Kier alpha value is -2.57. The molecule has 2 aromatic carbocycles. The smallest absolute Gasteiger partial charge is 0.266 e. The van der Waals surface area contributed by atoms with Crippen LogP contribution in [0.1, 0.15) is 12.5 Å². The molecule has 1 heterocycles. The molecule has 3 aromatic rings. The molecule has 0 spiro atoms. The lowest BCUT2D eigenvalue weighted by Gasteiger charge is -2.18. The average molecular weight is 417 g/mol. The van der Waals surface area contributed by atoms with E-state index < -0.39 is 0 Å². The fourth-order valence-electron chi connectivity index (χ4n) is 2.76. The number of nitrogens with zero attached hydrogens (tertiary/aromatic N) is 2. The van der Waals surface area contributed by atoms with E-state index in [0.29, 0.717) is 28.2 Å². The molecule has 5 nitrogen and oxygen atoms in total. The van der Waals surface area contributed by atoms with Crippen molar-refractivity contribution in [2.75, 3.05) is 25.2 Å². The number of rotatable bonds is 8. The summed E-state index contributed by atoms with van der Waals surface area (Å²) in [5.74, 6) is 0.936. The van der Waals surface area contributed by atoms with Crippen LogP contribution in [0, 0.1) is 0 Å². The topological polar surface area (TPSA) is 51.7 Å². The van der Waals surface area contributed by atoms with Crippen LogP contribution in [-0.2, 0) is 11.2 Å². The van der Waals surface area contributed by atoms with E-state index in [1.54, 1.807) is 24.1 Å². The molecule has 0 unspecified atom stereocenters. The SMILES string of the molecule is C=CCc1ccc(OCC(=O)N(CC)c2nc3cc(Cl)ccc3s2)c(OC)c1. The maximum Gasteiger partial charge on any atom is 0.266 e. The highest BCUT2D eigenvalue weighted by atomic mass is 35.5. The highest BCUT2D eigenvalue weighted by Gasteiger charge is 2.19. The van der Waals surface area contributed by atoms with Crippen LogP contribution in [0.2, 0.25) is 5.02 Å². The van der Waals surface area contributed by atoms with Crippen molar-refractivity contribution in [1.29, 1.82) is 0 Å². The highest BCUT2D eigenvalue weighted by molar-refractivity contribution is 7.22. The molecule has 0 aliphatic carbocycles. The number of thiazole rings is 1. The van der Waals surface area contributed by atoms with Crippen LogP contribution in [-0.4, -0.2) is 31.2 Å². The van der Waals surface area contributed by atoms with Gasteiger partial charge in [-0.25, -0.2) is 4.98 Å². The first-order valence-electron chi connectivity index (χ1n) is 8.82. The summed E-state index contributed by atoms with van der Waals surface area (Å²) in [6.45, 7) is 6.02. The Kier molecular flexibility index (Phi) is 6.54. The molecule has 1 amide bonds. The fourth-order valence-corrected chi connectivity index (χ4v) is 3.96. The number of ether oxygens (including phenoxy) is 2. The fraction of sp³-hybridized carbons (Fsp3) is 0.238. The number of anilines is 1. The number of methoxy groups -OCH3 is 1. The van der Waals surface area contributed by atoms with Crippen molar-refractivity contribution in [3.05, 3.63) is 59.6 Å². The number of benzene rings is 2. The number of carbonyl (C=O) groups is 1. The summed E-state index contributed by atoms with van der Waals surface area (Å²) in [7, 11) is 1.58. The van der Waals surface area contributed by atoms with E-state index in [9.17, 15) is 4.79 Å². The van der Waals surface area contributed by atoms with E-state index in [4.69, 9.17) is 21.1 Å². The predicted octanol–water partition coefficient (Wildman–Crippen LogP) is 5.12. The van der Waals surface area contributed by atoms with Crippen LogP contribution in [0.15, 0.2) is 49.1 Å². The van der Waals surface area contributed by atoms with Crippen LogP contribution in [0.4, 0.5) is 5.13 Å². The lowest BCUT2D eigenvalue weighted by Crippen LogP contribution is -2.34. The molecule has 0 saturated heterocycles. The van der Waals surface area contributed by atoms with Gasteiger partial charge in [0.05, 0.1) is 17.3 Å². The van der Waals surface area contributed by atoms with Crippen molar-refractivity contribution in [2.45, 2.75) is 13.3 Å². The van der Waals surface area contributed by atoms with Gasteiger partial charge in [0.25, 0.3) is 5.91 Å². The lowest BCUT2D eigenvalue weighted by molar-refractivity contribution is -0.120. The third-order valence-electron chi connectivity index (χ3n) is 4.15. The Bertz CT molecular complexity index is 1000. The molecule has 0 N–H and O–H groups in total. The zero-order valence-electron chi connectivity index (χ0n) is 15.8. The van der Waals surface area contributed by atoms with E-state index >= 15 is 0 Å². The van der Waals surface area contributed by atoms with Crippen LogP contribution < -0.4 is 14.4 Å². The average Bonchev–Trinajstić information content (AvgIpc) is 3.10. The molecular weight excluding hydrogens is 396 g/mol. The number of amides is 1. The second-order valence-corrected chi connectivity index (χ2v) is 7.46. The van der Waals surface area contributed by atoms with E-state index in [2.05, 4.69) is 11.6 Å². The van der Waals surface area contributed by atoms with Gasteiger partial charge in [0.1, 0.15) is 0 Å². The normalized spacial score (nSPS) is 10.7. The monoisotopic (exact) mass is 416 g/mol. The lowest BCUT2D eigenvalue weighted by atomic mass is 10.1. The largest absolute Gasteiger partial charge is 0.493 e.